The van der Waals surface area contributed by atoms with Crippen molar-refractivity contribution in [3.8, 4) is 17.4 Å². The van der Waals surface area contributed by atoms with E-state index in [-0.39, 0.29) is 45.3 Å². The van der Waals surface area contributed by atoms with E-state index < -0.39 is 28.3 Å². The SMILES string of the molecule is CCOc1cc(Cl)c(C(=O)Nc2ccc(Oc3ncc(C(F)(F)F)cc3Cl)cc2)cc1[N+](=O)[O-]. The van der Waals surface area contributed by atoms with Crippen LogP contribution in [-0.4, -0.2) is 22.4 Å². The highest BCUT2D eigenvalue weighted by molar-refractivity contribution is 6.34. The monoisotopic (exact) mass is 515 g/mol. The molecule has 2 aromatic carbocycles. The summed E-state index contributed by atoms with van der Waals surface area (Å²) in [7, 11) is 0. The Morgan fingerprint density at radius 3 is 2.38 bits per heavy atom. The molecule has 0 aliphatic heterocycles. The van der Waals surface area contributed by atoms with Crippen LogP contribution in [0.2, 0.25) is 10.0 Å². The number of ether oxygens (including phenoxy) is 2. The highest BCUT2D eigenvalue weighted by Crippen LogP contribution is 2.36. The molecule has 0 radical (unpaired) electrons. The number of hydrogen-bond acceptors (Lipinski definition) is 6. The molecule has 0 aliphatic rings. The first-order valence-electron chi connectivity index (χ1n) is 9.42. The number of carbonyl (C=O) groups excluding carboxylic acids is 1. The Morgan fingerprint density at radius 1 is 1.15 bits per heavy atom. The van der Waals surface area contributed by atoms with Gasteiger partial charge in [-0.25, -0.2) is 4.98 Å². The van der Waals surface area contributed by atoms with Gasteiger partial charge in [-0.05, 0) is 37.3 Å². The molecule has 34 heavy (non-hydrogen) atoms. The van der Waals surface area contributed by atoms with E-state index in [1.54, 1.807) is 6.92 Å². The van der Waals surface area contributed by atoms with Crippen LogP contribution >= 0.6 is 23.2 Å². The van der Waals surface area contributed by atoms with Gasteiger partial charge in [0.2, 0.25) is 5.88 Å². The Kier molecular flexibility index (Phi) is 7.48. The average molecular weight is 516 g/mol. The smallest absolute Gasteiger partial charge is 0.417 e. The van der Waals surface area contributed by atoms with E-state index in [2.05, 4.69) is 10.3 Å². The summed E-state index contributed by atoms with van der Waals surface area (Å²) in [5, 5.41) is 13.4. The first-order chi connectivity index (χ1) is 16.0. The minimum absolute atomic E-state index is 0.0467. The largest absolute Gasteiger partial charge is 0.487 e. The molecule has 0 saturated heterocycles. The van der Waals surface area contributed by atoms with Gasteiger partial charge in [0, 0.05) is 24.0 Å². The van der Waals surface area contributed by atoms with Crippen LogP contribution in [0.5, 0.6) is 17.4 Å². The lowest BCUT2D eigenvalue weighted by atomic mass is 10.1. The Bertz CT molecular complexity index is 1240. The van der Waals surface area contributed by atoms with E-state index in [0.717, 1.165) is 6.07 Å². The van der Waals surface area contributed by atoms with Gasteiger partial charge in [-0.15, -0.1) is 0 Å². The number of halogens is 5. The van der Waals surface area contributed by atoms with Crippen molar-refractivity contribution in [2.24, 2.45) is 0 Å². The fourth-order valence-corrected chi connectivity index (χ4v) is 3.15. The van der Waals surface area contributed by atoms with Gasteiger partial charge in [0.1, 0.15) is 10.8 Å². The van der Waals surface area contributed by atoms with E-state index in [9.17, 15) is 28.1 Å². The lowest BCUT2D eigenvalue weighted by molar-refractivity contribution is -0.385. The maximum Gasteiger partial charge on any atom is 0.417 e. The van der Waals surface area contributed by atoms with Crippen LogP contribution in [0.25, 0.3) is 0 Å². The number of rotatable bonds is 7. The van der Waals surface area contributed by atoms with Crippen LogP contribution in [0, 0.1) is 10.1 Å². The highest BCUT2D eigenvalue weighted by Gasteiger charge is 2.32. The number of nitro benzene ring substituents is 1. The van der Waals surface area contributed by atoms with Crippen molar-refractivity contribution in [3.63, 3.8) is 0 Å². The minimum Gasteiger partial charge on any atom is -0.487 e. The topological polar surface area (TPSA) is 104 Å². The molecule has 8 nitrogen and oxygen atoms in total. The third kappa shape index (κ3) is 5.86. The van der Waals surface area contributed by atoms with Crippen LogP contribution in [-0.2, 0) is 6.18 Å². The van der Waals surface area contributed by atoms with Crippen LogP contribution in [0.3, 0.4) is 0 Å². The molecule has 1 amide bonds. The number of benzene rings is 2. The van der Waals surface area contributed by atoms with E-state index in [1.165, 1.54) is 30.3 Å². The first-order valence-corrected chi connectivity index (χ1v) is 10.2. The lowest BCUT2D eigenvalue weighted by Crippen LogP contribution is -2.13. The van der Waals surface area contributed by atoms with E-state index in [0.29, 0.717) is 12.3 Å². The predicted octanol–water partition coefficient (Wildman–Crippen LogP) is 6.76. The van der Waals surface area contributed by atoms with Crippen molar-refractivity contribution in [1.82, 2.24) is 4.98 Å². The molecule has 0 unspecified atom stereocenters. The van der Waals surface area contributed by atoms with Crippen molar-refractivity contribution in [2.75, 3.05) is 11.9 Å². The van der Waals surface area contributed by atoms with Crippen LogP contribution in [0.4, 0.5) is 24.5 Å². The molecule has 1 heterocycles. The fourth-order valence-electron chi connectivity index (χ4n) is 2.70. The van der Waals surface area contributed by atoms with Crippen molar-refractivity contribution in [2.45, 2.75) is 13.1 Å². The van der Waals surface area contributed by atoms with Gasteiger partial charge in [0.15, 0.2) is 5.75 Å². The summed E-state index contributed by atoms with van der Waals surface area (Å²) in [5.74, 6) is -0.829. The first kappa shape index (κ1) is 25.1. The maximum atomic E-state index is 12.7. The van der Waals surface area contributed by atoms with Gasteiger partial charge in [0.25, 0.3) is 5.91 Å². The van der Waals surface area contributed by atoms with Crippen molar-refractivity contribution < 1.29 is 32.4 Å². The molecule has 13 heteroatoms. The van der Waals surface area contributed by atoms with Crippen LogP contribution in [0.15, 0.2) is 48.7 Å². The van der Waals surface area contributed by atoms with Gasteiger partial charge in [-0.3, -0.25) is 14.9 Å². The average Bonchev–Trinajstić information content (AvgIpc) is 2.75. The number of pyridine rings is 1. The van der Waals surface area contributed by atoms with Gasteiger partial charge in [-0.2, -0.15) is 13.2 Å². The van der Waals surface area contributed by atoms with Gasteiger partial charge < -0.3 is 14.8 Å². The number of anilines is 1. The van der Waals surface area contributed by atoms with E-state index >= 15 is 0 Å². The number of hydrogen-bond donors (Lipinski definition) is 1. The van der Waals surface area contributed by atoms with Crippen molar-refractivity contribution in [3.05, 3.63) is 79.9 Å². The second kappa shape index (κ2) is 10.1. The fraction of sp³-hybridized carbons (Fsp3) is 0.143. The normalized spacial score (nSPS) is 11.1. The number of amides is 1. The molecule has 0 atom stereocenters. The molecular weight excluding hydrogens is 502 g/mol. The molecule has 0 fully saturated rings. The number of alkyl halides is 3. The molecule has 0 saturated carbocycles. The third-order valence-corrected chi connectivity index (χ3v) is 4.83. The summed E-state index contributed by atoms with van der Waals surface area (Å²) in [5.41, 5.74) is -1.29. The van der Waals surface area contributed by atoms with Gasteiger partial charge in [0.05, 0.1) is 27.7 Å². The summed E-state index contributed by atoms with van der Waals surface area (Å²) in [6, 6.07) is 8.58. The Balaban J connectivity index is 1.74. The summed E-state index contributed by atoms with van der Waals surface area (Å²) in [6.07, 6.45) is -4.00. The Morgan fingerprint density at radius 2 is 1.82 bits per heavy atom. The summed E-state index contributed by atoms with van der Waals surface area (Å²) >= 11 is 11.9. The Hall–Kier alpha value is -3.57. The predicted molar refractivity (Wildman–Crippen MR) is 118 cm³/mol. The number of nitrogens with zero attached hydrogens (tertiary/aromatic N) is 2. The lowest BCUT2D eigenvalue weighted by Gasteiger charge is -2.11. The molecule has 1 N–H and O–H groups in total. The van der Waals surface area contributed by atoms with E-state index in [1.807, 2.05) is 0 Å². The van der Waals surface area contributed by atoms with Crippen LogP contribution in [0.1, 0.15) is 22.8 Å². The molecular formula is C21H14Cl2F3N3O5. The number of nitro groups is 1. The maximum absolute atomic E-state index is 12.7. The second-order valence-corrected chi connectivity index (χ2v) is 7.39. The van der Waals surface area contributed by atoms with Crippen LogP contribution < -0.4 is 14.8 Å². The summed E-state index contributed by atoms with van der Waals surface area (Å²) in [6.45, 7) is 1.82. The number of nitrogens with one attached hydrogen (secondary N) is 1. The summed E-state index contributed by atoms with van der Waals surface area (Å²) in [4.78, 5) is 26.8. The van der Waals surface area contributed by atoms with Crippen molar-refractivity contribution >= 4 is 40.5 Å². The Labute approximate surface area is 200 Å². The quantitative estimate of drug-likeness (QED) is 0.275. The zero-order chi connectivity index (χ0) is 25.0. The number of aromatic nitrogens is 1. The molecule has 0 spiro atoms. The molecule has 178 valence electrons. The summed E-state index contributed by atoms with van der Waals surface area (Å²) < 4.78 is 48.7. The third-order valence-electron chi connectivity index (χ3n) is 4.25. The molecule has 3 aromatic rings. The zero-order valence-electron chi connectivity index (χ0n) is 17.2. The van der Waals surface area contributed by atoms with Gasteiger partial charge in [-0.1, -0.05) is 23.2 Å². The van der Waals surface area contributed by atoms with Crippen molar-refractivity contribution in [1.29, 1.82) is 0 Å². The highest BCUT2D eigenvalue weighted by atomic mass is 35.5. The van der Waals surface area contributed by atoms with E-state index in [4.69, 9.17) is 32.7 Å². The minimum atomic E-state index is -4.60. The molecule has 0 aliphatic carbocycles. The molecule has 0 bridgehead atoms. The second-order valence-electron chi connectivity index (χ2n) is 6.58. The zero-order valence-corrected chi connectivity index (χ0v) is 18.7. The molecule has 3 rings (SSSR count). The number of carbonyl (C=O) groups is 1. The standard InChI is InChI=1S/C21H14Cl2F3N3O5/c1-2-33-18-9-15(22)14(8-17(18)29(31)32)19(30)28-12-3-5-13(6-4-12)34-20-16(23)7-11(10-27-20)21(24,25)26/h3-10H,2H2,1H3,(H,28,30). The van der Waals surface area contributed by atoms with Gasteiger partial charge >= 0.3 is 11.9 Å². The molecule has 1 aromatic heterocycles.